The molecule has 2 N–H and O–H groups in total. The molecule has 5 nitrogen and oxygen atoms in total. The molecule has 3 rings (SSSR count). The van der Waals surface area contributed by atoms with Gasteiger partial charge in [0.2, 0.25) is 0 Å². The Bertz CT molecular complexity index is 352. The normalized spacial score (nSPS) is 15.7. The van der Waals surface area contributed by atoms with Crippen LogP contribution in [-0.2, 0) is 0 Å². The minimum atomic E-state index is 0.782. The highest BCUT2D eigenvalue weighted by molar-refractivity contribution is 5.67. The summed E-state index contributed by atoms with van der Waals surface area (Å²) >= 11 is 0. The second-order valence-electron chi connectivity index (χ2n) is 3.47. The van der Waals surface area contributed by atoms with Crippen LogP contribution in [0.5, 0.6) is 0 Å². The third-order valence-corrected chi connectivity index (χ3v) is 2.30. The van der Waals surface area contributed by atoms with E-state index in [2.05, 4.69) is 25.3 Å². The Kier molecular flexibility index (Phi) is 3.62. The zero-order valence-electron chi connectivity index (χ0n) is 8.61. The van der Waals surface area contributed by atoms with Gasteiger partial charge in [0.25, 0.3) is 0 Å². The number of nitrogens with zero attached hydrogens (tertiary/aromatic N) is 3. The van der Waals surface area contributed by atoms with Crippen LogP contribution in [0.4, 0.5) is 0 Å². The van der Waals surface area contributed by atoms with Gasteiger partial charge in [-0.2, -0.15) is 0 Å². The number of fused-ring (bicyclic) bond motifs is 1. The van der Waals surface area contributed by atoms with Gasteiger partial charge in [0.1, 0.15) is 11.8 Å². The molecule has 0 spiro atoms. The van der Waals surface area contributed by atoms with Crippen LogP contribution in [0, 0.1) is 0 Å². The molecule has 0 unspecified atom stereocenters. The Morgan fingerprint density at radius 3 is 2.53 bits per heavy atom. The fourth-order valence-corrected chi connectivity index (χ4v) is 1.49. The highest BCUT2D eigenvalue weighted by Gasteiger charge is 1.93. The molecule has 80 valence electrons. The first kappa shape index (κ1) is 10.0. The van der Waals surface area contributed by atoms with E-state index in [-0.39, 0.29) is 0 Å². The number of nitrogens with one attached hydrogen (secondary N) is 2. The summed E-state index contributed by atoms with van der Waals surface area (Å²) in [5.41, 5.74) is 1.59. The standard InChI is InChI=1S/C5H4N4.C5H11N/c1-4-5(8-2-6-1)9-3-7-4;1-2-4-6-5-3-1/h1-3H,(H,6,7,8,9);6H,1-5H2. The highest BCUT2D eigenvalue weighted by atomic mass is 15.0. The van der Waals surface area contributed by atoms with E-state index in [1.54, 1.807) is 12.5 Å². The van der Waals surface area contributed by atoms with Crippen molar-refractivity contribution >= 4 is 11.2 Å². The predicted octanol–water partition coefficient (Wildman–Crippen LogP) is 1.11. The van der Waals surface area contributed by atoms with Gasteiger partial charge >= 0.3 is 0 Å². The molecule has 1 aliphatic rings. The van der Waals surface area contributed by atoms with Crippen LogP contribution < -0.4 is 5.32 Å². The monoisotopic (exact) mass is 205 g/mol. The molecule has 0 atom stereocenters. The van der Waals surface area contributed by atoms with Gasteiger partial charge in [0.15, 0.2) is 5.65 Å². The Balaban J connectivity index is 0.000000124. The molecule has 0 radical (unpaired) electrons. The summed E-state index contributed by atoms with van der Waals surface area (Å²) in [4.78, 5) is 14.5. The van der Waals surface area contributed by atoms with Crippen LogP contribution in [-0.4, -0.2) is 33.0 Å². The molecule has 0 aliphatic carbocycles. The van der Waals surface area contributed by atoms with E-state index in [0.717, 1.165) is 11.2 Å². The zero-order chi connectivity index (χ0) is 10.3. The van der Waals surface area contributed by atoms with Crippen LogP contribution in [0.2, 0.25) is 0 Å². The van der Waals surface area contributed by atoms with E-state index in [1.165, 1.54) is 38.7 Å². The van der Waals surface area contributed by atoms with Crippen LogP contribution in [0.25, 0.3) is 11.2 Å². The minimum absolute atomic E-state index is 0.782. The molecule has 5 heteroatoms. The Morgan fingerprint density at radius 1 is 1.07 bits per heavy atom. The minimum Gasteiger partial charge on any atom is -0.329 e. The smallest absolute Gasteiger partial charge is 0.160 e. The first-order chi connectivity index (χ1) is 7.47. The fourth-order valence-electron chi connectivity index (χ4n) is 1.49. The quantitative estimate of drug-likeness (QED) is 0.676. The lowest BCUT2D eigenvalue weighted by Crippen LogP contribution is -2.21. The van der Waals surface area contributed by atoms with E-state index < -0.39 is 0 Å². The number of hydrogen-bond acceptors (Lipinski definition) is 4. The van der Waals surface area contributed by atoms with Crippen molar-refractivity contribution in [2.75, 3.05) is 13.1 Å². The Labute approximate surface area is 88.4 Å². The zero-order valence-corrected chi connectivity index (χ0v) is 8.61. The van der Waals surface area contributed by atoms with Crippen molar-refractivity contribution in [1.82, 2.24) is 25.3 Å². The van der Waals surface area contributed by atoms with Crippen molar-refractivity contribution in [3.8, 4) is 0 Å². The summed E-state index contributed by atoms with van der Waals surface area (Å²) in [6, 6.07) is 0. The van der Waals surface area contributed by atoms with Crippen molar-refractivity contribution in [3.05, 3.63) is 18.9 Å². The SMILES string of the molecule is C1CCNCC1.c1ncc2nc[nH]c2n1. The van der Waals surface area contributed by atoms with Gasteiger partial charge < -0.3 is 10.3 Å². The second-order valence-corrected chi connectivity index (χ2v) is 3.47. The van der Waals surface area contributed by atoms with Gasteiger partial charge in [0, 0.05) is 0 Å². The Hall–Kier alpha value is -1.49. The molecule has 15 heavy (non-hydrogen) atoms. The molecule has 2 aromatic rings. The van der Waals surface area contributed by atoms with E-state index in [4.69, 9.17) is 0 Å². The predicted molar refractivity (Wildman–Crippen MR) is 58.4 cm³/mol. The summed E-state index contributed by atoms with van der Waals surface area (Å²) in [6.07, 6.45) is 8.96. The van der Waals surface area contributed by atoms with E-state index >= 15 is 0 Å². The summed E-state index contributed by atoms with van der Waals surface area (Å²) in [7, 11) is 0. The molecule has 1 fully saturated rings. The largest absolute Gasteiger partial charge is 0.329 e. The first-order valence-corrected chi connectivity index (χ1v) is 5.26. The van der Waals surface area contributed by atoms with Crippen molar-refractivity contribution < 1.29 is 0 Å². The average molecular weight is 205 g/mol. The molecule has 0 saturated carbocycles. The lowest BCUT2D eigenvalue weighted by Gasteiger charge is -2.08. The molecule has 1 aliphatic heterocycles. The number of aromatic amines is 1. The molecular formula is C10H15N5. The Morgan fingerprint density at radius 2 is 1.93 bits per heavy atom. The van der Waals surface area contributed by atoms with Gasteiger partial charge in [-0.15, -0.1) is 0 Å². The van der Waals surface area contributed by atoms with Crippen molar-refractivity contribution in [2.24, 2.45) is 0 Å². The first-order valence-electron chi connectivity index (χ1n) is 5.26. The number of H-pyrrole nitrogens is 1. The van der Waals surface area contributed by atoms with Gasteiger partial charge in [-0.1, -0.05) is 6.42 Å². The number of piperidine rings is 1. The molecule has 2 aromatic heterocycles. The topological polar surface area (TPSA) is 66.5 Å². The fraction of sp³-hybridized carbons (Fsp3) is 0.500. The summed E-state index contributed by atoms with van der Waals surface area (Å²) in [6.45, 7) is 2.50. The van der Waals surface area contributed by atoms with E-state index in [1.807, 2.05) is 0 Å². The number of rotatable bonds is 0. The van der Waals surface area contributed by atoms with Crippen LogP contribution in [0.1, 0.15) is 19.3 Å². The number of aromatic nitrogens is 4. The van der Waals surface area contributed by atoms with Crippen molar-refractivity contribution in [2.45, 2.75) is 19.3 Å². The van der Waals surface area contributed by atoms with Gasteiger partial charge in [-0.05, 0) is 25.9 Å². The van der Waals surface area contributed by atoms with E-state index in [0.29, 0.717) is 0 Å². The highest BCUT2D eigenvalue weighted by Crippen LogP contribution is 1.99. The summed E-state index contributed by atoms with van der Waals surface area (Å²) < 4.78 is 0. The van der Waals surface area contributed by atoms with Crippen molar-refractivity contribution in [1.29, 1.82) is 0 Å². The van der Waals surface area contributed by atoms with Crippen LogP contribution >= 0.6 is 0 Å². The maximum absolute atomic E-state index is 3.94. The third-order valence-electron chi connectivity index (χ3n) is 2.30. The van der Waals surface area contributed by atoms with Gasteiger partial charge in [-0.25, -0.2) is 15.0 Å². The van der Waals surface area contributed by atoms with Crippen molar-refractivity contribution in [3.63, 3.8) is 0 Å². The maximum Gasteiger partial charge on any atom is 0.160 e. The number of hydrogen-bond donors (Lipinski definition) is 2. The second kappa shape index (κ2) is 5.41. The van der Waals surface area contributed by atoms with E-state index in [9.17, 15) is 0 Å². The lowest BCUT2D eigenvalue weighted by atomic mass is 10.2. The molecule has 1 saturated heterocycles. The maximum atomic E-state index is 3.94. The molecule has 3 heterocycles. The average Bonchev–Trinajstić information content (AvgIpc) is 2.80. The lowest BCUT2D eigenvalue weighted by molar-refractivity contribution is 0.520. The molecule has 0 aromatic carbocycles. The molecular weight excluding hydrogens is 190 g/mol. The third kappa shape index (κ3) is 2.99. The van der Waals surface area contributed by atoms with Gasteiger partial charge in [0.05, 0.1) is 12.5 Å². The van der Waals surface area contributed by atoms with Crippen LogP contribution in [0.3, 0.4) is 0 Å². The summed E-state index contributed by atoms with van der Waals surface area (Å²) in [5.74, 6) is 0. The summed E-state index contributed by atoms with van der Waals surface area (Å²) in [5, 5.41) is 3.28. The van der Waals surface area contributed by atoms with Gasteiger partial charge in [-0.3, -0.25) is 0 Å². The molecule has 0 amide bonds. The number of imidazole rings is 1. The van der Waals surface area contributed by atoms with Crippen LogP contribution in [0.15, 0.2) is 18.9 Å². The molecule has 0 bridgehead atoms.